The van der Waals surface area contributed by atoms with Crippen LogP contribution in [0.3, 0.4) is 0 Å². The van der Waals surface area contributed by atoms with E-state index in [1.54, 1.807) is 4.90 Å². The lowest BCUT2D eigenvalue weighted by Crippen LogP contribution is -2.42. The number of nitro benzene ring substituents is 1. The average molecular weight is 489 g/mol. The van der Waals surface area contributed by atoms with Gasteiger partial charge in [-0.2, -0.15) is 13.2 Å². The van der Waals surface area contributed by atoms with Gasteiger partial charge < -0.3 is 9.64 Å². The van der Waals surface area contributed by atoms with Crippen molar-refractivity contribution in [3.05, 3.63) is 39.9 Å². The Morgan fingerprint density at radius 1 is 1.21 bits per heavy atom. The lowest BCUT2D eigenvalue weighted by molar-refractivity contribution is -0.384. The molecule has 1 aliphatic heterocycles. The van der Waals surface area contributed by atoms with Crippen molar-refractivity contribution in [2.24, 2.45) is 0 Å². The van der Waals surface area contributed by atoms with E-state index in [0.29, 0.717) is 38.1 Å². The van der Waals surface area contributed by atoms with Gasteiger partial charge in [-0.3, -0.25) is 35.1 Å². The largest absolute Gasteiger partial charge is 0.406 e. The van der Waals surface area contributed by atoms with E-state index in [0.717, 1.165) is 10.6 Å². The van der Waals surface area contributed by atoms with E-state index in [9.17, 15) is 32.9 Å². The van der Waals surface area contributed by atoms with E-state index in [4.69, 9.17) is 4.74 Å². The number of amides is 2. The number of hydrazine groups is 1. The predicted octanol–water partition coefficient (Wildman–Crippen LogP) is 1.14. The van der Waals surface area contributed by atoms with Gasteiger partial charge >= 0.3 is 6.18 Å². The number of non-ortho nitro benzene ring substituents is 1. The van der Waals surface area contributed by atoms with Gasteiger partial charge in [-0.15, -0.1) is 10.2 Å². The van der Waals surface area contributed by atoms with Crippen LogP contribution in [-0.4, -0.2) is 69.7 Å². The number of thioether (sulfide) groups is 1. The molecule has 2 amide bonds. The van der Waals surface area contributed by atoms with Crippen molar-refractivity contribution in [3.63, 3.8) is 0 Å². The maximum absolute atomic E-state index is 13.1. The standard InChI is InChI=1S/C17H18F3N7O5S/c18-17(19,20)10-26-15(25-4-6-32-7-5-25)23-24-16(26)33-9-13(28)21-22-14(29)11-2-1-3-12(8-11)27(30)31/h1-3,8H,4-7,9-10H2,(H,21,28)(H,22,29). The lowest BCUT2D eigenvalue weighted by Gasteiger charge is -2.28. The number of aromatic nitrogens is 3. The molecule has 1 aromatic heterocycles. The van der Waals surface area contributed by atoms with E-state index < -0.39 is 29.5 Å². The summed E-state index contributed by atoms with van der Waals surface area (Å²) in [6.45, 7) is 0.0534. The lowest BCUT2D eigenvalue weighted by atomic mass is 10.2. The molecular formula is C17H18F3N7O5S. The molecule has 0 radical (unpaired) electrons. The number of hydrogen-bond acceptors (Lipinski definition) is 9. The van der Waals surface area contributed by atoms with E-state index in [2.05, 4.69) is 21.0 Å². The summed E-state index contributed by atoms with van der Waals surface area (Å²) >= 11 is 0.713. The Balaban J connectivity index is 1.60. The molecule has 0 bridgehead atoms. The average Bonchev–Trinajstić information content (AvgIpc) is 3.17. The fourth-order valence-electron chi connectivity index (χ4n) is 2.83. The van der Waals surface area contributed by atoms with Gasteiger partial charge in [0.25, 0.3) is 11.6 Å². The van der Waals surface area contributed by atoms with Gasteiger partial charge in [-0.25, -0.2) is 0 Å². The Kier molecular flexibility index (Phi) is 7.70. The molecule has 0 spiro atoms. The smallest absolute Gasteiger partial charge is 0.378 e. The number of alkyl halides is 3. The highest BCUT2D eigenvalue weighted by Gasteiger charge is 2.33. The van der Waals surface area contributed by atoms with Gasteiger partial charge in [0.2, 0.25) is 11.9 Å². The monoisotopic (exact) mass is 489 g/mol. The van der Waals surface area contributed by atoms with Gasteiger partial charge in [-0.05, 0) is 6.07 Å². The normalized spacial score (nSPS) is 14.1. The van der Waals surface area contributed by atoms with Crippen LogP contribution < -0.4 is 15.8 Å². The van der Waals surface area contributed by atoms with Gasteiger partial charge in [0.1, 0.15) is 6.54 Å². The number of nitrogens with zero attached hydrogens (tertiary/aromatic N) is 5. The number of anilines is 1. The third-order valence-electron chi connectivity index (χ3n) is 4.30. The predicted molar refractivity (Wildman–Crippen MR) is 109 cm³/mol. The topological polar surface area (TPSA) is 145 Å². The number of morpholine rings is 1. The van der Waals surface area contributed by atoms with Crippen molar-refractivity contribution in [2.75, 3.05) is 37.0 Å². The second-order valence-corrected chi connectivity index (χ2v) is 7.62. The van der Waals surface area contributed by atoms with Crippen LogP contribution in [0.1, 0.15) is 10.4 Å². The fraction of sp³-hybridized carbons (Fsp3) is 0.412. The molecule has 2 N–H and O–H groups in total. The van der Waals surface area contributed by atoms with Gasteiger partial charge in [0.05, 0.1) is 23.9 Å². The van der Waals surface area contributed by atoms with Crippen LogP contribution in [0.25, 0.3) is 0 Å². The zero-order valence-corrected chi connectivity index (χ0v) is 17.7. The summed E-state index contributed by atoms with van der Waals surface area (Å²) in [4.78, 5) is 35.9. The first-order valence-corrected chi connectivity index (χ1v) is 10.4. The second-order valence-electron chi connectivity index (χ2n) is 6.68. The number of carbonyl (C=O) groups is 2. The van der Waals surface area contributed by atoms with Crippen molar-refractivity contribution < 1.29 is 32.4 Å². The molecule has 0 unspecified atom stereocenters. The van der Waals surface area contributed by atoms with E-state index in [1.165, 1.54) is 18.2 Å². The molecule has 33 heavy (non-hydrogen) atoms. The molecule has 1 aliphatic rings. The minimum absolute atomic E-state index is 0.0255. The van der Waals surface area contributed by atoms with Crippen LogP contribution >= 0.6 is 11.8 Å². The molecule has 178 valence electrons. The molecule has 2 aromatic rings. The number of rotatable bonds is 7. The van der Waals surface area contributed by atoms with Crippen LogP contribution in [0.4, 0.5) is 24.8 Å². The number of ether oxygens (including phenoxy) is 1. The maximum atomic E-state index is 13.1. The first-order valence-electron chi connectivity index (χ1n) is 9.43. The quantitative estimate of drug-likeness (QED) is 0.332. The summed E-state index contributed by atoms with van der Waals surface area (Å²) < 4.78 is 45.4. The Labute approximate surface area is 188 Å². The van der Waals surface area contributed by atoms with E-state index in [-0.39, 0.29) is 28.1 Å². The molecule has 12 nitrogen and oxygen atoms in total. The maximum Gasteiger partial charge on any atom is 0.406 e. The Bertz CT molecular complexity index is 1030. The van der Waals surface area contributed by atoms with Crippen molar-refractivity contribution >= 4 is 35.2 Å². The third-order valence-corrected chi connectivity index (χ3v) is 5.26. The molecule has 16 heteroatoms. The first-order chi connectivity index (χ1) is 15.6. The highest BCUT2D eigenvalue weighted by Crippen LogP contribution is 2.27. The highest BCUT2D eigenvalue weighted by molar-refractivity contribution is 7.99. The number of benzene rings is 1. The zero-order valence-electron chi connectivity index (χ0n) is 16.9. The molecule has 1 fully saturated rings. The van der Waals surface area contributed by atoms with Gasteiger partial charge in [-0.1, -0.05) is 17.8 Å². The molecule has 0 saturated carbocycles. The molecule has 1 saturated heterocycles. The van der Waals surface area contributed by atoms with Crippen LogP contribution in [0.2, 0.25) is 0 Å². The van der Waals surface area contributed by atoms with Crippen molar-refractivity contribution in [2.45, 2.75) is 17.9 Å². The van der Waals surface area contributed by atoms with E-state index >= 15 is 0 Å². The SMILES string of the molecule is O=C(CSc1nnc(N2CCOCC2)n1CC(F)(F)F)NNC(=O)c1cccc([N+](=O)[O-])c1. The molecule has 2 heterocycles. The summed E-state index contributed by atoms with van der Waals surface area (Å²) in [6, 6.07) is 4.86. The Morgan fingerprint density at radius 3 is 2.61 bits per heavy atom. The number of nitrogens with one attached hydrogen (secondary N) is 2. The molecule has 3 rings (SSSR count). The number of carbonyl (C=O) groups excluding carboxylic acids is 2. The van der Waals surface area contributed by atoms with Crippen LogP contribution in [0, 0.1) is 10.1 Å². The third kappa shape index (κ3) is 6.79. The fourth-order valence-corrected chi connectivity index (χ4v) is 3.56. The summed E-state index contributed by atoms with van der Waals surface area (Å²) in [5.74, 6) is -1.87. The summed E-state index contributed by atoms with van der Waals surface area (Å²) in [6.07, 6.45) is -4.53. The highest BCUT2D eigenvalue weighted by atomic mass is 32.2. The zero-order chi connectivity index (χ0) is 24.0. The van der Waals surface area contributed by atoms with Crippen LogP contribution in [0.15, 0.2) is 29.4 Å². The molecular weight excluding hydrogens is 471 g/mol. The molecule has 0 atom stereocenters. The summed E-state index contributed by atoms with van der Waals surface area (Å²) in [5.41, 5.74) is 3.83. The first kappa shape index (κ1) is 24.2. The number of nitro groups is 1. The van der Waals surface area contributed by atoms with Crippen LogP contribution in [0.5, 0.6) is 0 Å². The van der Waals surface area contributed by atoms with E-state index in [1.807, 2.05) is 0 Å². The minimum Gasteiger partial charge on any atom is -0.378 e. The Morgan fingerprint density at radius 2 is 1.94 bits per heavy atom. The van der Waals surface area contributed by atoms with Crippen LogP contribution in [-0.2, 0) is 16.1 Å². The summed E-state index contributed by atoms with van der Waals surface area (Å²) in [5, 5.41) is 18.3. The van der Waals surface area contributed by atoms with Crippen molar-refractivity contribution in [1.29, 1.82) is 0 Å². The van der Waals surface area contributed by atoms with Gasteiger partial charge in [0, 0.05) is 30.8 Å². The number of halogens is 3. The van der Waals surface area contributed by atoms with Gasteiger partial charge in [0.15, 0.2) is 5.16 Å². The number of hydrogen-bond donors (Lipinski definition) is 2. The molecule has 1 aromatic carbocycles. The van der Waals surface area contributed by atoms with Crippen molar-refractivity contribution in [3.8, 4) is 0 Å². The van der Waals surface area contributed by atoms with Crippen molar-refractivity contribution in [1.82, 2.24) is 25.6 Å². The second kappa shape index (κ2) is 10.5. The molecule has 0 aliphatic carbocycles. The minimum atomic E-state index is -4.53. The summed E-state index contributed by atoms with van der Waals surface area (Å²) in [7, 11) is 0. The Hall–Kier alpha value is -3.40.